The molecule has 0 spiro atoms. The third kappa shape index (κ3) is 0.963. The van der Waals surface area contributed by atoms with Crippen LogP contribution >= 0.6 is 0 Å². The van der Waals surface area contributed by atoms with Crippen LogP contribution in [0.25, 0.3) is 11.0 Å². The number of fused-ring (bicyclic) bond motifs is 1. The molecule has 1 aliphatic carbocycles. The molecule has 66 valence electrons. The smallest absolute Gasteiger partial charge is 0.107 e. The van der Waals surface area contributed by atoms with Crippen molar-refractivity contribution < 1.29 is 0 Å². The van der Waals surface area contributed by atoms with E-state index in [4.69, 9.17) is 0 Å². The lowest BCUT2D eigenvalue weighted by atomic mass is 10.4. The van der Waals surface area contributed by atoms with Gasteiger partial charge in [0.15, 0.2) is 0 Å². The molecule has 3 rings (SSSR count). The summed E-state index contributed by atoms with van der Waals surface area (Å²) in [6, 6.07) is 2.66. The van der Waals surface area contributed by atoms with E-state index >= 15 is 0 Å². The topological polar surface area (TPSA) is 30.7 Å². The summed E-state index contributed by atoms with van der Waals surface area (Å²) in [6.07, 6.45) is 6.29. The molecule has 0 atom stereocenters. The lowest BCUT2D eigenvalue weighted by Gasteiger charge is -2.02. The zero-order valence-corrected chi connectivity index (χ0v) is 7.57. The van der Waals surface area contributed by atoms with Crippen LogP contribution in [0.1, 0.15) is 24.7 Å². The predicted molar refractivity (Wildman–Crippen MR) is 50.5 cm³/mol. The minimum Gasteiger partial charge on any atom is -0.324 e. The van der Waals surface area contributed by atoms with Gasteiger partial charge in [0, 0.05) is 12.2 Å². The van der Waals surface area contributed by atoms with Crippen molar-refractivity contribution in [2.45, 2.75) is 25.8 Å². The molecule has 0 unspecified atom stereocenters. The molecular weight excluding hydrogens is 162 g/mol. The van der Waals surface area contributed by atoms with Crippen LogP contribution in [0.3, 0.4) is 0 Å². The molecule has 3 nitrogen and oxygen atoms in total. The van der Waals surface area contributed by atoms with E-state index in [1.54, 1.807) is 6.20 Å². The van der Waals surface area contributed by atoms with Gasteiger partial charge in [0.25, 0.3) is 0 Å². The number of pyridine rings is 1. The van der Waals surface area contributed by atoms with Gasteiger partial charge in [0.05, 0.1) is 17.2 Å². The van der Waals surface area contributed by atoms with Gasteiger partial charge in [-0.1, -0.05) is 0 Å². The number of hydrogen-bond donors (Lipinski definition) is 0. The Morgan fingerprint density at radius 3 is 3.08 bits per heavy atom. The van der Waals surface area contributed by atoms with Gasteiger partial charge < -0.3 is 4.57 Å². The molecular formula is C10H11N3. The minimum atomic E-state index is 0.689. The average molecular weight is 173 g/mol. The number of aromatic nitrogens is 3. The first kappa shape index (κ1) is 7.06. The van der Waals surface area contributed by atoms with E-state index in [0.29, 0.717) is 6.04 Å². The zero-order valence-electron chi connectivity index (χ0n) is 7.57. The second-order valence-corrected chi connectivity index (χ2v) is 3.62. The Labute approximate surface area is 76.4 Å². The minimum absolute atomic E-state index is 0.689. The van der Waals surface area contributed by atoms with Crippen LogP contribution in [0.2, 0.25) is 0 Å². The van der Waals surface area contributed by atoms with E-state index in [2.05, 4.69) is 21.5 Å². The van der Waals surface area contributed by atoms with Crippen molar-refractivity contribution in [3.05, 3.63) is 24.3 Å². The second kappa shape index (κ2) is 2.31. The summed E-state index contributed by atoms with van der Waals surface area (Å²) in [4.78, 5) is 8.63. The molecule has 0 saturated heterocycles. The Morgan fingerprint density at radius 2 is 2.31 bits per heavy atom. The summed E-state index contributed by atoms with van der Waals surface area (Å²) in [5.74, 6) is 1.12. The number of aryl methyl sites for hydroxylation is 1. The van der Waals surface area contributed by atoms with Crippen molar-refractivity contribution in [2.75, 3.05) is 0 Å². The quantitative estimate of drug-likeness (QED) is 0.661. The fourth-order valence-corrected chi connectivity index (χ4v) is 1.86. The molecule has 0 bridgehead atoms. The monoisotopic (exact) mass is 173 g/mol. The molecule has 1 saturated carbocycles. The molecule has 2 aromatic rings. The van der Waals surface area contributed by atoms with E-state index in [-0.39, 0.29) is 0 Å². The maximum Gasteiger partial charge on any atom is 0.107 e. The highest BCUT2D eigenvalue weighted by Gasteiger charge is 2.26. The summed E-state index contributed by atoms with van der Waals surface area (Å²) in [7, 11) is 0. The van der Waals surface area contributed by atoms with Crippen molar-refractivity contribution >= 4 is 11.0 Å². The largest absolute Gasteiger partial charge is 0.324 e. The van der Waals surface area contributed by atoms with E-state index in [0.717, 1.165) is 11.3 Å². The molecule has 0 aliphatic heterocycles. The molecule has 1 fully saturated rings. The molecule has 0 radical (unpaired) electrons. The Bertz CT molecular complexity index is 454. The number of rotatable bonds is 1. The highest BCUT2D eigenvalue weighted by Crippen LogP contribution is 2.38. The Morgan fingerprint density at radius 1 is 1.46 bits per heavy atom. The lowest BCUT2D eigenvalue weighted by molar-refractivity contribution is 0.733. The Kier molecular flexibility index (Phi) is 1.26. The second-order valence-electron chi connectivity index (χ2n) is 3.62. The number of hydrogen-bond acceptors (Lipinski definition) is 2. The summed E-state index contributed by atoms with van der Waals surface area (Å²) in [6.45, 7) is 2.07. The molecule has 0 N–H and O–H groups in total. The molecule has 2 aromatic heterocycles. The lowest BCUT2D eigenvalue weighted by Crippen LogP contribution is -1.96. The van der Waals surface area contributed by atoms with Crippen molar-refractivity contribution in [1.29, 1.82) is 0 Å². The normalized spacial score (nSPS) is 16.7. The maximum atomic E-state index is 4.50. The van der Waals surface area contributed by atoms with Gasteiger partial charge in [-0.05, 0) is 25.8 Å². The highest BCUT2D eigenvalue weighted by atomic mass is 15.1. The predicted octanol–water partition coefficient (Wildman–Crippen LogP) is 2.07. The van der Waals surface area contributed by atoms with Gasteiger partial charge in [-0.15, -0.1) is 0 Å². The first-order chi connectivity index (χ1) is 6.36. The Hall–Kier alpha value is -1.38. The van der Waals surface area contributed by atoms with Gasteiger partial charge in [0.2, 0.25) is 0 Å². The number of nitrogens with zero attached hydrogens (tertiary/aromatic N) is 3. The fraction of sp³-hybridized carbons (Fsp3) is 0.400. The third-order valence-electron chi connectivity index (χ3n) is 2.58. The Balaban J connectivity index is 2.35. The van der Waals surface area contributed by atoms with Gasteiger partial charge in [-0.25, -0.2) is 4.98 Å². The summed E-state index contributed by atoms with van der Waals surface area (Å²) in [5.41, 5.74) is 2.25. The van der Waals surface area contributed by atoms with Gasteiger partial charge >= 0.3 is 0 Å². The van der Waals surface area contributed by atoms with Crippen LogP contribution in [0.15, 0.2) is 18.5 Å². The SMILES string of the molecule is Cc1nc2ccncc2n1C1CC1. The molecule has 0 aromatic carbocycles. The zero-order chi connectivity index (χ0) is 8.84. The van der Waals surface area contributed by atoms with Crippen LogP contribution in [-0.4, -0.2) is 14.5 Å². The summed E-state index contributed by atoms with van der Waals surface area (Å²) >= 11 is 0. The summed E-state index contributed by atoms with van der Waals surface area (Å²) in [5, 5.41) is 0. The van der Waals surface area contributed by atoms with Crippen LogP contribution in [0.5, 0.6) is 0 Å². The van der Waals surface area contributed by atoms with Crippen molar-refractivity contribution in [3.8, 4) is 0 Å². The summed E-state index contributed by atoms with van der Waals surface area (Å²) < 4.78 is 2.31. The molecule has 3 heteroatoms. The van der Waals surface area contributed by atoms with Crippen LogP contribution in [-0.2, 0) is 0 Å². The van der Waals surface area contributed by atoms with Gasteiger partial charge in [-0.2, -0.15) is 0 Å². The molecule has 0 amide bonds. The molecule has 13 heavy (non-hydrogen) atoms. The van der Waals surface area contributed by atoms with E-state index < -0.39 is 0 Å². The van der Waals surface area contributed by atoms with Crippen molar-refractivity contribution in [1.82, 2.24) is 14.5 Å². The average Bonchev–Trinajstić information content (AvgIpc) is 2.88. The van der Waals surface area contributed by atoms with Crippen LogP contribution < -0.4 is 0 Å². The third-order valence-corrected chi connectivity index (χ3v) is 2.58. The standard InChI is InChI=1S/C10H11N3/c1-7-12-9-4-5-11-6-10(9)13(7)8-2-3-8/h4-6,8H,2-3H2,1H3. The van der Waals surface area contributed by atoms with E-state index in [1.807, 2.05) is 12.3 Å². The maximum absolute atomic E-state index is 4.50. The molecule has 1 aliphatic rings. The van der Waals surface area contributed by atoms with E-state index in [9.17, 15) is 0 Å². The van der Waals surface area contributed by atoms with Crippen LogP contribution in [0.4, 0.5) is 0 Å². The fourth-order valence-electron chi connectivity index (χ4n) is 1.86. The van der Waals surface area contributed by atoms with Gasteiger partial charge in [-0.3, -0.25) is 4.98 Å². The number of imidazole rings is 1. The molecule has 2 heterocycles. The van der Waals surface area contributed by atoms with Crippen molar-refractivity contribution in [3.63, 3.8) is 0 Å². The highest BCUT2D eigenvalue weighted by molar-refractivity contribution is 5.74. The van der Waals surface area contributed by atoms with Crippen LogP contribution in [0, 0.1) is 6.92 Å². The van der Waals surface area contributed by atoms with Crippen molar-refractivity contribution in [2.24, 2.45) is 0 Å². The van der Waals surface area contributed by atoms with Gasteiger partial charge in [0.1, 0.15) is 5.82 Å². The van der Waals surface area contributed by atoms with E-state index in [1.165, 1.54) is 18.4 Å². The first-order valence-corrected chi connectivity index (χ1v) is 4.65. The first-order valence-electron chi connectivity index (χ1n) is 4.65.